The molecule has 2 atom stereocenters. The highest BCUT2D eigenvalue weighted by atomic mass is 16.5. The van der Waals surface area contributed by atoms with Crippen LogP contribution in [-0.4, -0.2) is 67.1 Å². The topological polar surface area (TPSA) is 99.2 Å². The molecule has 0 aliphatic rings. The van der Waals surface area contributed by atoms with Crippen LogP contribution in [0, 0.1) is 5.92 Å². The van der Waals surface area contributed by atoms with E-state index in [2.05, 4.69) is 5.32 Å². The van der Waals surface area contributed by atoms with Gasteiger partial charge in [-0.25, -0.2) is 4.79 Å². The number of para-hydroxylation sites is 1. The summed E-state index contributed by atoms with van der Waals surface area (Å²) in [5, 5.41) is 11.9. The monoisotopic (exact) mass is 379 g/mol. The van der Waals surface area contributed by atoms with Crippen molar-refractivity contribution in [2.45, 2.75) is 26.3 Å². The van der Waals surface area contributed by atoms with Crippen molar-refractivity contribution in [2.24, 2.45) is 5.92 Å². The molecule has 0 spiro atoms. The van der Waals surface area contributed by atoms with E-state index in [1.807, 2.05) is 19.1 Å². The van der Waals surface area contributed by atoms with Crippen molar-refractivity contribution in [3.63, 3.8) is 0 Å². The molecule has 3 amide bonds. The van der Waals surface area contributed by atoms with Gasteiger partial charge >= 0.3 is 12.0 Å². The van der Waals surface area contributed by atoms with E-state index in [1.54, 1.807) is 40.2 Å². The number of carbonyl (C=O) groups is 3. The van der Waals surface area contributed by atoms with Gasteiger partial charge in [0.2, 0.25) is 0 Å². The second-order valence-electron chi connectivity index (χ2n) is 6.64. The number of benzene rings is 1. The second-order valence-corrected chi connectivity index (χ2v) is 6.64. The number of aliphatic carboxylic acids is 1. The SMILES string of the molecule is CCC(NC(=O)N(C)CC(C)C(=O)O)c1ccccc1OCC(=O)N(C)C. The predicted molar refractivity (Wildman–Crippen MR) is 102 cm³/mol. The molecule has 1 rings (SSSR count). The Morgan fingerprint density at radius 2 is 1.81 bits per heavy atom. The maximum absolute atomic E-state index is 12.4. The van der Waals surface area contributed by atoms with Crippen molar-refractivity contribution in [1.29, 1.82) is 0 Å². The molecule has 8 heteroatoms. The van der Waals surface area contributed by atoms with Gasteiger partial charge in [0, 0.05) is 33.3 Å². The number of carbonyl (C=O) groups excluding carboxylic acids is 2. The number of carboxylic acid groups (broad SMARTS) is 1. The lowest BCUT2D eigenvalue weighted by Crippen LogP contribution is -2.42. The summed E-state index contributed by atoms with van der Waals surface area (Å²) >= 11 is 0. The molecule has 1 aromatic carbocycles. The van der Waals surface area contributed by atoms with Crippen LogP contribution in [0.4, 0.5) is 4.79 Å². The van der Waals surface area contributed by atoms with Crippen LogP contribution in [0.15, 0.2) is 24.3 Å². The standard InChI is InChI=1S/C19H29N3O5/c1-6-15(20-19(26)22(5)11-13(2)18(24)25)14-9-7-8-10-16(14)27-12-17(23)21(3)4/h7-10,13,15H,6,11-12H2,1-5H3,(H,20,26)(H,24,25). The molecule has 0 aromatic heterocycles. The summed E-state index contributed by atoms with van der Waals surface area (Å²) in [5.41, 5.74) is 0.764. The average molecular weight is 379 g/mol. The van der Waals surface area contributed by atoms with Crippen LogP contribution in [0.5, 0.6) is 5.75 Å². The summed E-state index contributed by atoms with van der Waals surface area (Å²) in [7, 11) is 4.86. The maximum Gasteiger partial charge on any atom is 0.317 e. The van der Waals surface area contributed by atoms with Crippen LogP contribution in [0.2, 0.25) is 0 Å². The summed E-state index contributed by atoms with van der Waals surface area (Å²) in [6, 6.07) is 6.53. The zero-order valence-corrected chi connectivity index (χ0v) is 16.6. The quantitative estimate of drug-likeness (QED) is 0.683. The molecule has 0 fully saturated rings. The number of likely N-dealkylation sites (N-methyl/N-ethyl adjacent to an activating group) is 1. The van der Waals surface area contributed by atoms with Crippen molar-refractivity contribution in [3.05, 3.63) is 29.8 Å². The Hall–Kier alpha value is -2.77. The number of urea groups is 1. The number of rotatable bonds is 9. The summed E-state index contributed by atoms with van der Waals surface area (Å²) in [4.78, 5) is 38.0. The molecular weight excluding hydrogens is 350 g/mol. The number of hydrogen-bond acceptors (Lipinski definition) is 4. The van der Waals surface area contributed by atoms with Gasteiger partial charge in [-0.2, -0.15) is 0 Å². The fourth-order valence-electron chi connectivity index (χ4n) is 2.40. The van der Waals surface area contributed by atoms with Crippen molar-refractivity contribution in [2.75, 3.05) is 34.3 Å². The Bertz CT molecular complexity index is 663. The van der Waals surface area contributed by atoms with E-state index in [9.17, 15) is 14.4 Å². The van der Waals surface area contributed by atoms with Crippen LogP contribution >= 0.6 is 0 Å². The van der Waals surface area contributed by atoms with Gasteiger partial charge in [-0.15, -0.1) is 0 Å². The summed E-state index contributed by atoms with van der Waals surface area (Å²) in [6.07, 6.45) is 0.607. The summed E-state index contributed by atoms with van der Waals surface area (Å²) in [6.45, 7) is 3.48. The van der Waals surface area contributed by atoms with Crippen molar-refractivity contribution in [3.8, 4) is 5.75 Å². The molecule has 0 bridgehead atoms. The van der Waals surface area contributed by atoms with Crippen LogP contribution < -0.4 is 10.1 Å². The van der Waals surface area contributed by atoms with E-state index in [-0.39, 0.29) is 31.1 Å². The van der Waals surface area contributed by atoms with E-state index >= 15 is 0 Å². The second kappa shape index (κ2) is 10.4. The van der Waals surface area contributed by atoms with Gasteiger partial charge in [0.1, 0.15) is 5.75 Å². The minimum Gasteiger partial charge on any atom is -0.483 e. The molecule has 27 heavy (non-hydrogen) atoms. The van der Waals surface area contributed by atoms with Crippen LogP contribution in [0.3, 0.4) is 0 Å². The van der Waals surface area contributed by atoms with Crippen molar-refractivity contribution >= 4 is 17.9 Å². The molecule has 150 valence electrons. The van der Waals surface area contributed by atoms with Gasteiger partial charge in [0.25, 0.3) is 5.91 Å². The zero-order chi connectivity index (χ0) is 20.6. The molecule has 2 N–H and O–H groups in total. The van der Waals surface area contributed by atoms with E-state index in [4.69, 9.17) is 9.84 Å². The molecule has 1 aromatic rings. The van der Waals surface area contributed by atoms with Crippen LogP contribution in [0.25, 0.3) is 0 Å². The molecule has 2 unspecified atom stereocenters. The van der Waals surface area contributed by atoms with Gasteiger partial charge < -0.3 is 25.0 Å². The first-order chi connectivity index (χ1) is 12.7. The molecule has 8 nitrogen and oxygen atoms in total. The Morgan fingerprint density at radius 3 is 2.37 bits per heavy atom. The first kappa shape index (κ1) is 22.3. The van der Waals surface area contributed by atoms with E-state index < -0.39 is 11.9 Å². The highest BCUT2D eigenvalue weighted by Crippen LogP contribution is 2.27. The van der Waals surface area contributed by atoms with E-state index in [1.165, 1.54) is 9.80 Å². The van der Waals surface area contributed by atoms with Crippen molar-refractivity contribution in [1.82, 2.24) is 15.1 Å². The van der Waals surface area contributed by atoms with Gasteiger partial charge in [0.15, 0.2) is 6.61 Å². The number of amides is 3. The minimum absolute atomic E-state index is 0.0928. The number of nitrogens with zero attached hydrogens (tertiary/aromatic N) is 2. The summed E-state index contributed by atoms with van der Waals surface area (Å²) in [5.74, 6) is -1.25. The highest BCUT2D eigenvalue weighted by Gasteiger charge is 2.22. The fourth-order valence-corrected chi connectivity index (χ4v) is 2.40. The van der Waals surface area contributed by atoms with E-state index in [0.717, 1.165) is 5.56 Å². The molecule has 0 saturated carbocycles. The Balaban J connectivity index is 2.85. The summed E-state index contributed by atoms with van der Waals surface area (Å²) < 4.78 is 5.65. The largest absolute Gasteiger partial charge is 0.483 e. The molecule has 0 aliphatic heterocycles. The minimum atomic E-state index is -0.953. The lowest BCUT2D eigenvalue weighted by atomic mass is 10.0. The number of nitrogens with one attached hydrogen (secondary N) is 1. The fraction of sp³-hybridized carbons (Fsp3) is 0.526. The Morgan fingerprint density at radius 1 is 1.19 bits per heavy atom. The van der Waals surface area contributed by atoms with Gasteiger partial charge in [-0.05, 0) is 12.5 Å². The molecule has 0 radical (unpaired) electrons. The predicted octanol–water partition coefficient (Wildman–Crippen LogP) is 1.97. The third kappa shape index (κ3) is 6.80. The smallest absolute Gasteiger partial charge is 0.317 e. The maximum atomic E-state index is 12.4. The molecule has 0 aliphatic carbocycles. The lowest BCUT2D eigenvalue weighted by Gasteiger charge is -2.25. The first-order valence-corrected chi connectivity index (χ1v) is 8.83. The van der Waals surface area contributed by atoms with Crippen LogP contribution in [0.1, 0.15) is 31.9 Å². The van der Waals surface area contributed by atoms with Gasteiger partial charge in [-0.3, -0.25) is 9.59 Å². The molecule has 0 heterocycles. The van der Waals surface area contributed by atoms with Gasteiger partial charge in [0.05, 0.1) is 12.0 Å². The zero-order valence-electron chi connectivity index (χ0n) is 16.6. The highest BCUT2D eigenvalue weighted by molar-refractivity contribution is 5.77. The van der Waals surface area contributed by atoms with Gasteiger partial charge in [-0.1, -0.05) is 32.0 Å². The number of hydrogen-bond donors (Lipinski definition) is 2. The Kier molecular flexibility index (Phi) is 8.58. The normalized spacial score (nSPS) is 12.6. The molecule has 0 saturated heterocycles. The lowest BCUT2D eigenvalue weighted by molar-refractivity contribution is -0.141. The molecular formula is C19H29N3O5. The number of ether oxygens (including phenoxy) is 1. The average Bonchev–Trinajstić information content (AvgIpc) is 2.63. The first-order valence-electron chi connectivity index (χ1n) is 8.83. The van der Waals surface area contributed by atoms with Crippen LogP contribution in [-0.2, 0) is 9.59 Å². The third-order valence-electron chi connectivity index (χ3n) is 4.17. The number of carboxylic acids is 1. The third-order valence-corrected chi connectivity index (χ3v) is 4.17. The van der Waals surface area contributed by atoms with E-state index in [0.29, 0.717) is 12.2 Å². The Labute approximate surface area is 160 Å². The van der Waals surface area contributed by atoms with Crippen molar-refractivity contribution < 1.29 is 24.2 Å².